The summed E-state index contributed by atoms with van der Waals surface area (Å²) in [5, 5.41) is 12.2. The van der Waals surface area contributed by atoms with Gasteiger partial charge in [0.05, 0.1) is 13.7 Å². The van der Waals surface area contributed by atoms with Gasteiger partial charge in [0.2, 0.25) is 0 Å². The van der Waals surface area contributed by atoms with Crippen LogP contribution in [0.25, 0.3) is 6.08 Å². The topological polar surface area (TPSA) is 71.4 Å². The molecule has 150 valence electrons. The van der Waals surface area contributed by atoms with E-state index < -0.39 is 5.91 Å². The molecule has 5 heteroatoms. The summed E-state index contributed by atoms with van der Waals surface area (Å²) >= 11 is 0. The summed E-state index contributed by atoms with van der Waals surface area (Å²) in [5.41, 5.74) is 2.57. The van der Waals surface area contributed by atoms with Gasteiger partial charge in [-0.05, 0) is 42.2 Å². The van der Waals surface area contributed by atoms with E-state index in [9.17, 15) is 10.1 Å². The Bertz CT molecular complexity index is 912. The Morgan fingerprint density at radius 3 is 2.66 bits per heavy atom. The zero-order chi connectivity index (χ0) is 21.1. The van der Waals surface area contributed by atoms with Crippen LogP contribution >= 0.6 is 0 Å². The molecule has 29 heavy (non-hydrogen) atoms. The number of amides is 1. The van der Waals surface area contributed by atoms with Gasteiger partial charge >= 0.3 is 0 Å². The molecule has 2 rings (SSSR count). The van der Waals surface area contributed by atoms with E-state index in [-0.39, 0.29) is 5.57 Å². The zero-order valence-corrected chi connectivity index (χ0v) is 16.9. The number of benzene rings is 2. The van der Waals surface area contributed by atoms with Crippen LogP contribution in [0, 0.1) is 11.3 Å². The van der Waals surface area contributed by atoms with Gasteiger partial charge in [-0.25, -0.2) is 0 Å². The van der Waals surface area contributed by atoms with Crippen molar-refractivity contribution in [1.29, 1.82) is 5.26 Å². The lowest BCUT2D eigenvalue weighted by atomic mass is 10.0. The number of ether oxygens (including phenoxy) is 2. The van der Waals surface area contributed by atoms with E-state index in [1.165, 1.54) is 0 Å². The lowest BCUT2D eigenvalue weighted by molar-refractivity contribution is -0.117. The van der Waals surface area contributed by atoms with Crippen molar-refractivity contribution in [3.8, 4) is 17.6 Å². The number of methoxy groups -OCH3 is 1. The first-order valence-electron chi connectivity index (χ1n) is 9.51. The number of nitrogens with one attached hydrogen (secondary N) is 1. The van der Waals surface area contributed by atoms with Crippen molar-refractivity contribution in [2.24, 2.45) is 0 Å². The normalized spacial score (nSPS) is 10.7. The highest BCUT2D eigenvalue weighted by Crippen LogP contribution is 2.34. The van der Waals surface area contributed by atoms with Crippen molar-refractivity contribution in [3.05, 3.63) is 77.4 Å². The van der Waals surface area contributed by atoms with E-state index in [4.69, 9.17) is 9.47 Å². The molecule has 1 N–H and O–H groups in total. The van der Waals surface area contributed by atoms with E-state index >= 15 is 0 Å². The second kappa shape index (κ2) is 11.4. The van der Waals surface area contributed by atoms with Crippen molar-refractivity contribution in [2.45, 2.75) is 26.3 Å². The standard InChI is InChI=1S/C24H26N2O3/c1-4-9-20-13-19(15-22(28-3)23(20)29-12-5-2)14-21(16-25)24(27)26-17-18-10-7-6-8-11-18/h4,6-8,10-11,13-15H,1,5,9,12,17H2,2-3H3,(H,26,27)/b21-14+. The minimum Gasteiger partial charge on any atom is -0.493 e. The van der Waals surface area contributed by atoms with Crippen molar-refractivity contribution in [3.63, 3.8) is 0 Å². The van der Waals surface area contributed by atoms with E-state index in [0.29, 0.717) is 36.6 Å². The van der Waals surface area contributed by atoms with Gasteiger partial charge in [0, 0.05) is 12.1 Å². The van der Waals surface area contributed by atoms with Crippen LogP contribution in [-0.2, 0) is 17.8 Å². The van der Waals surface area contributed by atoms with Crippen LogP contribution in [0.15, 0.2) is 60.7 Å². The van der Waals surface area contributed by atoms with E-state index in [1.807, 2.05) is 49.4 Å². The molecular formula is C24H26N2O3. The third-order valence-corrected chi connectivity index (χ3v) is 4.16. The lowest BCUT2D eigenvalue weighted by Crippen LogP contribution is -2.23. The smallest absolute Gasteiger partial charge is 0.262 e. The van der Waals surface area contributed by atoms with Gasteiger partial charge in [-0.2, -0.15) is 5.26 Å². The predicted octanol–water partition coefficient (Wildman–Crippen LogP) is 4.44. The highest BCUT2D eigenvalue weighted by Gasteiger charge is 2.14. The van der Waals surface area contributed by atoms with E-state index in [1.54, 1.807) is 25.3 Å². The molecule has 0 aromatic heterocycles. The summed E-state index contributed by atoms with van der Waals surface area (Å²) in [4.78, 5) is 12.5. The summed E-state index contributed by atoms with van der Waals surface area (Å²) < 4.78 is 11.3. The molecule has 0 saturated heterocycles. The number of carbonyl (C=O) groups is 1. The maximum absolute atomic E-state index is 12.5. The van der Waals surface area contributed by atoms with Gasteiger partial charge < -0.3 is 14.8 Å². The number of carbonyl (C=O) groups excluding carboxylic acids is 1. The average molecular weight is 390 g/mol. The minimum absolute atomic E-state index is 0.0229. The fourth-order valence-electron chi connectivity index (χ4n) is 2.78. The monoisotopic (exact) mass is 390 g/mol. The molecule has 0 atom stereocenters. The molecule has 0 heterocycles. The van der Waals surface area contributed by atoms with Gasteiger partial charge in [0.1, 0.15) is 11.6 Å². The SMILES string of the molecule is C=CCc1cc(/C=C(\C#N)C(=O)NCc2ccccc2)cc(OC)c1OCCC. The molecule has 0 unspecified atom stereocenters. The Hall–Kier alpha value is -3.52. The predicted molar refractivity (Wildman–Crippen MR) is 115 cm³/mol. The van der Waals surface area contributed by atoms with Crippen molar-refractivity contribution in [2.75, 3.05) is 13.7 Å². The Morgan fingerprint density at radius 2 is 2.03 bits per heavy atom. The maximum atomic E-state index is 12.5. The fraction of sp³-hybridized carbons (Fsp3) is 0.250. The van der Waals surface area contributed by atoms with Crippen LogP contribution in [0.5, 0.6) is 11.5 Å². The molecule has 2 aromatic rings. The van der Waals surface area contributed by atoms with Crippen LogP contribution in [0.2, 0.25) is 0 Å². The quantitative estimate of drug-likeness (QED) is 0.370. The van der Waals surface area contributed by atoms with Crippen LogP contribution in [-0.4, -0.2) is 19.6 Å². The molecule has 0 saturated carbocycles. The van der Waals surface area contributed by atoms with Crippen molar-refractivity contribution >= 4 is 12.0 Å². The zero-order valence-electron chi connectivity index (χ0n) is 16.9. The molecule has 0 bridgehead atoms. The first kappa shape index (κ1) is 21.8. The Balaban J connectivity index is 2.28. The highest BCUT2D eigenvalue weighted by molar-refractivity contribution is 6.01. The summed E-state index contributed by atoms with van der Waals surface area (Å²) in [5.74, 6) is 0.802. The first-order chi connectivity index (χ1) is 14.1. The number of allylic oxidation sites excluding steroid dienone is 1. The van der Waals surface area contributed by atoms with Crippen LogP contribution in [0.1, 0.15) is 30.0 Å². The van der Waals surface area contributed by atoms with Crippen LogP contribution in [0.3, 0.4) is 0 Å². The second-order valence-corrected chi connectivity index (χ2v) is 6.39. The molecule has 0 aliphatic carbocycles. The van der Waals surface area contributed by atoms with Gasteiger partial charge in [-0.15, -0.1) is 6.58 Å². The molecular weight excluding hydrogens is 364 g/mol. The summed E-state index contributed by atoms with van der Waals surface area (Å²) in [6, 6.07) is 15.2. The number of nitriles is 1. The molecule has 2 aromatic carbocycles. The van der Waals surface area contributed by atoms with E-state index in [2.05, 4.69) is 11.9 Å². The number of hydrogen-bond acceptors (Lipinski definition) is 4. The molecule has 0 spiro atoms. The lowest BCUT2D eigenvalue weighted by Gasteiger charge is -2.15. The van der Waals surface area contributed by atoms with Crippen molar-refractivity contribution in [1.82, 2.24) is 5.32 Å². The number of nitrogens with zero attached hydrogens (tertiary/aromatic N) is 1. The Labute approximate surface area is 172 Å². The summed E-state index contributed by atoms with van der Waals surface area (Å²) in [6.07, 6.45) is 4.79. The summed E-state index contributed by atoms with van der Waals surface area (Å²) in [7, 11) is 1.57. The maximum Gasteiger partial charge on any atom is 0.262 e. The first-order valence-corrected chi connectivity index (χ1v) is 9.51. The molecule has 0 aliphatic rings. The van der Waals surface area contributed by atoms with Crippen LogP contribution in [0.4, 0.5) is 0 Å². The molecule has 1 amide bonds. The molecule has 5 nitrogen and oxygen atoms in total. The average Bonchev–Trinajstić information content (AvgIpc) is 2.75. The number of hydrogen-bond donors (Lipinski definition) is 1. The summed E-state index contributed by atoms with van der Waals surface area (Å²) in [6.45, 7) is 6.75. The molecule has 0 aliphatic heterocycles. The van der Waals surface area contributed by atoms with Gasteiger partial charge in [0.15, 0.2) is 11.5 Å². The van der Waals surface area contributed by atoms with Gasteiger partial charge in [-0.1, -0.05) is 43.3 Å². The number of rotatable bonds is 10. The minimum atomic E-state index is -0.424. The third kappa shape index (κ3) is 6.25. The Morgan fingerprint density at radius 1 is 1.28 bits per heavy atom. The molecule has 0 radical (unpaired) electrons. The van der Waals surface area contributed by atoms with Gasteiger partial charge in [-0.3, -0.25) is 4.79 Å². The molecule has 0 fully saturated rings. The Kier molecular flexibility index (Phi) is 8.52. The van der Waals surface area contributed by atoms with E-state index in [0.717, 1.165) is 17.5 Å². The largest absolute Gasteiger partial charge is 0.493 e. The second-order valence-electron chi connectivity index (χ2n) is 6.39. The van der Waals surface area contributed by atoms with Gasteiger partial charge in [0.25, 0.3) is 5.91 Å². The third-order valence-electron chi connectivity index (χ3n) is 4.16. The fourth-order valence-corrected chi connectivity index (χ4v) is 2.78. The highest BCUT2D eigenvalue weighted by atomic mass is 16.5. The van der Waals surface area contributed by atoms with Crippen molar-refractivity contribution < 1.29 is 14.3 Å². The van der Waals surface area contributed by atoms with Crippen LogP contribution < -0.4 is 14.8 Å².